The van der Waals surface area contributed by atoms with Crippen LogP contribution in [0.4, 0.5) is 5.82 Å². The van der Waals surface area contributed by atoms with Gasteiger partial charge in [0, 0.05) is 44.4 Å². The molecule has 6 nitrogen and oxygen atoms in total. The number of nitrogens with one attached hydrogen (secondary N) is 1. The third-order valence-corrected chi connectivity index (χ3v) is 4.98. The molecule has 4 rings (SSSR count). The van der Waals surface area contributed by atoms with Crippen LogP contribution < -0.4 is 5.32 Å². The van der Waals surface area contributed by atoms with Crippen LogP contribution in [-0.2, 0) is 4.74 Å². The second-order valence-corrected chi connectivity index (χ2v) is 6.82. The molecule has 6 heteroatoms. The maximum Gasteiger partial charge on any atom is 0.157 e. The first kappa shape index (κ1) is 17.0. The Bertz CT molecular complexity index is 848. The van der Waals surface area contributed by atoms with Crippen molar-refractivity contribution in [3.05, 3.63) is 48.7 Å². The number of aromatic nitrogens is 3. The Hall–Kier alpha value is -2.44. The van der Waals surface area contributed by atoms with Crippen LogP contribution in [0.5, 0.6) is 0 Å². The highest BCUT2D eigenvalue weighted by atomic mass is 16.5. The summed E-state index contributed by atoms with van der Waals surface area (Å²) < 4.78 is 7.07. The van der Waals surface area contributed by atoms with E-state index in [2.05, 4.69) is 33.5 Å². The Morgan fingerprint density at radius 3 is 2.96 bits per heavy atom. The first-order valence-electron chi connectivity index (χ1n) is 9.19. The van der Waals surface area contributed by atoms with Crippen molar-refractivity contribution in [1.29, 1.82) is 0 Å². The summed E-state index contributed by atoms with van der Waals surface area (Å²) in [6.07, 6.45) is 3.01. The minimum Gasteiger partial charge on any atom is -0.383 e. The van der Waals surface area contributed by atoms with Crippen LogP contribution in [0.15, 0.2) is 48.7 Å². The predicted octanol–water partition coefficient (Wildman–Crippen LogP) is 2.78. The number of fused-ring (bicyclic) bond motifs is 1. The summed E-state index contributed by atoms with van der Waals surface area (Å²) in [5, 5.41) is 8.02. The molecule has 0 radical (unpaired) electrons. The molecule has 0 aliphatic carbocycles. The van der Waals surface area contributed by atoms with E-state index in [0.717, 1.165) is 55.5 Å². The van der Waals surface area contributed by atoms with Gasteiger partial charge in [-0.3, -0.25) is 0 Å². The summed E-state index contributed by atoms with van der Waals surface area (Å²) >= 11 is 0. The molecular weight excluding hydrogens is 326 g/mol. The molecule has 136 valence electrons. The van der Waals surface area contributed by atoms with Crippen LogP contribution in [0.3, 0.4) is 0 Å². The maximum absolute atomic E-state index is 5.19. The normalized spacial score (nSPS) is 17.8. The van der Waals surface area contributed by atoms with E-state index in [1.54, 1.807) is 13.3 Å². The standard InChI is InChI=1S/C20H25N5O/c1-26-12-11-24-10-8-16(15-24)14-21-20-13-18(17-5-3-2-4-6-17)23-19-7-9-22-25(19)20/h2-7,9,13,16,21H,8,10-12,14-15H2,1H3/t16-/m1/s1. The fraction of sp³-hybridized carbons (Fsp3) is 0.400. The van der Waals surface area contributed by atoms with Crippen LogP contribution in [0, 0.1) is 5.92 Å². The van der Waals surface area contributed by atoms with E-state index in [1.807, 2.05) is 28.8 Å². The molecule has 3 heterocycles. The van der Waals surface area contributed by atoms with Crippen LogP contribution in [0.2, 0.25) is 0 Å². The molecule has 1 N–H and O–H groups in total. The zero-order valence-corrected chi connectivity index (χ0v) is 15.1. The molecule has 1 atom stereocenters. The van der Waals surface area contributed by atoms with E-state index >= 15 is 0 Å². The third kappa shape index (κ3) is 3.71. The molecule has 1 saturated heterocycles. The molecule has 0 amide bonds. The predicted molar refractivity (Wildman–Crippen MR) is 103 cm³/mol. The van der Waals surface area contributed by atoms with Gasteiger partial charge in [0.2, 0.25) is 0 Å². The summed E-state index contributed by atoms with van der Waals surface area (Å²) in [7, 11) is 1.76. The molecule has 1 aliphatic rings. The lowest BCUT2D eigenvalue weighted by molar-refractivity contribution is 0.159. The van der Waals surface area contributed by atoms with E-state index in [0.29, 0.717) is 5.92 Å². The Morgan fingerprint density at radius 1 is 1.23 bits per heavy atom. The molecule has 0 spiro atoms. The van der Waals surface area contributed by atoms with E-state index in [9.17, 15) is 0 Å². The van der Waals surface area contributed by atoms with Crippen molar-refractivity contribution in [1.82, 2.24) is 19.5 Å². The van der Waals surface area contributed by atoms with E-state index in [-0.39, 0.29) is 0 Å². The van der Waals surface area contributed by atoms with Crippen molar-refractivity contribution in [2.45, 2.75) is 6.42 Å². The highest BCUT2D eigenvalue weighted by Gasteiger charge is 2.22. The molecule has 0 unspecified atom stereocenters. The second-order valence-electron chi connectivity index (χ2n) is 6.82. The molecule has 3 aromatic rings. The van der Waals surface area contributed by atoms with E-state index in [4.69, 9.17) is 9.72 Å². The molecule has 0 bridgehead atoms. The van der Waals surface area contributed by atoms with E-state index < -0.39 is 0 Å². The van der Waals surface area contributed by atoms with Crippen molar-refractivity contribution >= 4 is 11.5 Å². The van der Waals surface area contributed by atoms with Gasteiger partial charge in [0.15, 0.2) is 5.65 Å². The summed E-state index contributed by atoms with van der Waals surface area (Å²) in [6.45, 7) is 5.03. The number of likely N-dealkylation sites (tertiary alicyclic amines) is 1. The van der Waals surface area contributed by atoms with Crippen molar-refractivity contribution in [2.75, 3.05) is 45.2 Å². The highest BCUT2D eigenvalue weighted by molar-refractivity contribution is 5.66. The Balaban J connectivity index is 1.49. The first-order valence-corrected chi connectivity index (χ1v) is 9.19. The van der Waals surface area contributed by atoms with Crippen molar-refractivity contribution in [3.8, 4) is 11.3 Å². The molecular formula is C20H25N5O. The fourth-order valence-electron chi connectivity index (χ4n) is 3.55. The van der Waals surface area contributed by atoms with Crippen LogP contribution in [0.1, 0.15) is 6.42 Å². The zero-order chi connectivity index (χ0) is 17.8. The maximum atomic E-state index is 5.19. The molecule has 2 aromatic heterocycles. The van der Waals surface area contributed by atoms with Crippen molar-refractivity contribution < 1.29 is 4.74 Å². The minimum absolute atomic E-state index is 0.644. The zero-order valence-electron chi connectivity index (χ0n) is 15.1. The number of ether oxygens (including phenoxy) is 1. The van der Waals surface area contributed by atoms with Gasteiger partial charge in [0.1, 0.15) is 5.82 Å². The molecule has 26 heavy (non-hydrogen) atoms. The quantitative estimate of drug-likeness (QED) is 0.709. The van der Waals surface area contributed by atoms with Gasteiger partial charge in [-0.1, -0.05) is 30.3 Å². The highest BCUT2D eigenvalue weighted by Crippen LogP contribution is 2.23. The topological polar surface area (TPSA) is 54.7 Å². The van der Waals surface area contributed by atoms with E-state index in [1.165, 1.54) is 6.42 Å². The fourth-order valence-corrected chi connectivity index (χ4v) is 3.55. The number of hydrogen-bond acceptors (Lipinski definition) is 5. The van der Waals surface area contributed by atoms with Gasteiger partial charge in [-0.05, 0) is 18.9 Å². The van der Waals surface area contributed by atoms with Gasteiger partial charge in [-0.25, -0.2) is 4.98 Å². The summed E-state index contributed by atoms with van der Waals surface area (Å²) in [4.78, 5) is 7.20. The average molecular weight is 351 g/mol. The first-order chi connectivity index (χ1) is 12.8. The van der Waals surface area contributed by atoms with Crippen LogP contribution in [-0.4, -0.2) is 59.4 Å². The van der Waals surface area contributed by atoms with Gasteiger partial charge >= 0.3 is 0 Å². The Kier molecular flexibility index (Phi) is 5.13. The van der Waals surface area contributed by atoms with Gasteiger partial charge in [0.25, 0.3) is 0 Å². The van der Waals surface area contributed by atoms with Gasteiger partial charge in [0.05, 0.1) is 18.5 Å². The largest absolute Gasteiger partial charge is 0.383 e. The SMILES string of the molecule is COCCN1CC[C@H](CNc2cc(-c3ccccc3)nc3ccnn23)C1. The number of hydrogen-bond donors (Lipinski definition) is 1. The summed E-state index contributed by atoms with van der Waals surface area (Å²) in [6, 6.07) is 14.3. The smallest absolute Gasteiger partial charge is 0.157 e. The molecule has 1 aliphatic heterocycles. The molecule has 0 saturated carbocycles. The van der Waals surface area contributed by atoms with Crippen molar-refractivity contribution in [3.63, 3.8) is 0 Å². The second kappa shape index (κ2) is 7.85. The lowest BCUT2D eigenvalue weighted by Gasteiger charge is -2.16. The molecule has 1 aromatic carbocycles. The third-order valence-electron chi connectivity index (χ3n) is 4.98. The lowest BCUT2D eigenvalue weighted by Crippen LogP contribution is -2.26. The number of methoxy groups -OCH3 is 1. The van der Waals surface area contributed by atoms with Crippen molar-refractivity contribution in [2.24, 2.45) is 5.92 Å². The Morgan fingerprint density at radius 2 is 2.12 bits per heavy atom. The summed E-state index contributed by atoms with van der Waals surface area (Å²) in [5.41, 5.74) is 2.95. The monoisotopic (exact) mass is 351 g/mol. The number of nitrogens with zero attached hydrogens (tertiary/aromatic N) is 4. The van der Waals surface area contributed by atoms with Crippen LogP contribution >= 0.6 is 0 Å². The van der Waals surface area contributed by atoms with Crippen LogP contribution in [0.25, 0.3) is 16.9 Å². The van der Waals surface area contributed by atoms with Gasteiger partial charge in [-0.15, -0.1) is 0 Å². The number of rotatable bonds is 7. The summed E-state index contributed by atoms with van der Waals surface area (Å²) in [5.74, 6) is 1.64. The average Bonchev–Trinajstić information content (AvgIpc) is 3.34. The minimum atomic E-state index is 0.644. The number of anilines is 1. The lowest BCUT2D eigenvalue weighted by atomic mass is 10.1. The van der Waals surface area contributed by atoms with Gasteiger partial charge in [-0.2, -0.15) is 9.61 Å². The number of benzene rings is 1. The van der Waals surface area contributed by atoms with Gasteiger partial charge < -0.3 is 15.0 Å². The molecule has 1 fully saturated rings. The Labute approximate surface area is 153 Å².